The van der Waals surface area contributed by atoms with Crippen molar-refractivity contribution in [2.45, 2.75) is 25.8 Å². The van der Waals surface area contributed by atoms with Crippen molar-refractivity contribution in [3.05, 3.63) is 33.1 Å². The molecule has 1 aliphatic heterocycles. The molecular formula is C14H19ClFIN2O. The Balaban J connectivity index is 0.00000200. The molecule has 1 aromatic rings. The molecule has 0 saturated carbocycles. The molecule has 0 radical (unpaired) electrons. The second kappa shape index (κ2) is 8.14. The van der Waals surface area contributed by atoms with Crippen molar-refractivity contribution in [3.8, 4) is 0 Å². The van der Waals surface area contributed by atoms with Crippen molar-refractivity contribution in [3.63, 3.8) is 0 Å². The van der Waals surface area contributed by atoms with E-state index in [-0.39, 0.29) is 30.2 Å². The highest BCUT2D eigenvalue weighted by Gasteiger charge is 2.26. The molecule has 1 unspecified atom stereocenters. The van der Waals surface area contributed by atoms with Gasteiger partial charge in [-0.3, -0.25) is 4.79 Å². The molecule has 1 heterocycles. The number of halogens is 3. The Hall–Kier alpha value is -0.400. The SMILES string of the molecule is CCCN(C(=O)c1ccc(I)c(F)c1)C1CCNC1.Cl. The van der Waals surface area contributed by atoms with Gasteiger partial charge in [0.25, 0.3) is 5.91 Å². The van der Waals surface area contributed by atoms with Crippen molar-refractivity contribution in [2.24, 2.45) is 0 Å². The van der Waals surface area contributed by atoms with Gasteiger partial charge in [0.1, 0.15) is 5.82 Å². The third-order valence-corrected chi connectivity index (χ3v) is 4.24. The fourth-order valence-electron chi connectivity index (χ4n) is 2.39. The smallest absolute Gasteiger partial charge is 0.254 e. The first-order valence-corrected chi connectivity index (χ1v) is 7.68. The van der Waals surface area contributed by atoms with Gasteiger partial charge < -0.3 is 10.2 Å². The van der Waals surface area contributed by atoms with Crippen LogP contribution in [0.2, 0.25) is 0 Å². The molecule has 1 N–H and O–H groups in total. The van der Waals surface area contributed by atoms with Gasteiger partial charge in [-0.2, -0.15) is 0 Å². The highest BCUT2D eigenvalue weighted by molar-refractivity contribution is 14.1. The zero-order chi connectivity index (χ0) is 13.8. The molecule has 0 aromatic heterocycles. The number of hydrogen-bond acceptors (Lipinski definition) is 2. The zero-order valence-electron chi connectivity index (χ0n) is 11.4. The van der Waals surface area contributed by atoms with Crippen LogP contribution in [0.15, 0.2) is 18.2 Å². The molecule has 1 fully saturated rings. The van der Waals surface area contributed by atoms with E-state index in [1.807, 2.05) is 27.5 Å². The lowest BCUT2D eigenvalue weighted by Gasteiger charge is -2.28. The minimum Gasteiger partial charge on any atom is -0.334 e. The second-order valence-corrected chi connectivity index (χ2v) is 5.94. The third kappa shape index (κ3) is 4.05. The van der Waals surface area contributed by atoms with E-state index < -0.39 is 0 Å². The van der Waals surface area contributed by atoms with Gasteiger partial charge in [-0.25, -0.2) is 4.39 Å². The van der Waals surface area contributed by atoms with Crippen LogP contribution in [-0.2, 0) is 0 Å². The average Bonchev–Trinajstić information content (AvgIpc) is 2.92. The summed E-state index contributed by atoms with van der Waals surface area (Å²) >= 11 is 1.93. The Morgan fingerprint density at radius 3 is 2.85 bits per heavy atom. The molecule has 1 aliphatic rings. The molecule has 6 heteroatoms. The van der Waals surface area contributed by atoms with Crippen LogP contribution in [0.4, 0.5) is 4.39 Å². The van der Waals surface area contributed by atoms with Crippen LogP contribution in [0.3, 0.4) is 0 Å². The molecule has 1 atom stereocenters. The molecule has 1 aromatic carbocycles. The molecular weight excluding hydrogens is 394 g/mol. The van der Waals surface area contributed by atoms with E-state index in [4.69, 9.17) is 0 Å². The molecule has 2 rings (SSSR count). The number of amides is 1. The van der Waals surface area contributed by atoms with Gasteiger partial charge in [0.2, 0.25) is 0 Å². The summed E-state index contributed by atoms with van der Waals surface area (Å²) in [6, 6.07) is 4.93. The van der Waals surface area contributed by atoms with Crippen molar-refractivity contribution >= 4 is 40.9 Å². The highest BCUT2D eigenvalue weighted by atomic mass is 127. The van der Waals surface area contributed by atoms with Crippen LogP contribution in [-0.4, -0.2) is 36.5 Å². The summed E-state index contributed by atoms with van der Waals surface area (Å²) in [6.45, 7) is 4.55. The van der Waals surface area contributed by atoms with Crippen molar-refractivity contribution in [1.29, 1.82) is 0 Å². The Morgan fingerprint density at radius 1 is 1.55 bits per heavy atom. The van der Waals surface area contributed by atoms with Crippen molar-refractivity contribution in [2.75, 3.05) is 19.6 Å². The number of rotatable bonds is 4. The Bertz CT molecular complexity index is 466. The standard InChI is InChI=1S/C14H18FIN2O.ClH/c1-2-7-18(11-5-6-17-9-11)14(19)10-3-4-13(16)12(15)8-10;/h3-4,8,11,17H,2,5-7,9H2,1H3;1H. The summed E-state index contributed by atoms with van der Waals surface area (Å²) in [4.78, 5) is 14.4. The van der Waals surface area contributed by atoms with E-state index in [2.05, 4.69) is 12.2 Å². The minimum absolute atomic E-state index is 0. The maximum Gasteiger partial charge on any atom is 0.254 e. The molecule has 1 amide bonds. The Labute approximate surface area is 138 Å². The average molecular weight is 413 g/mol. The van der Waals surface area contributed by atoms with E-state index in [1.54, 1.807) is 12.1 Å². The van der Waals surface area contributed by atoms with Crippen LogP contribution in [0.5, 0.6) is 0 Å². The largest absolute Gasteiger partial charge is 0.334 e. The van der Waals surface area contributed by atoms with E-state index in [0.717, 1.165) is 32.5 Å². The molecule has 0 aliphatic carbocycles. The molecule has 1 saturated heterocycles. The molecule has 0 bridgehead atoms. The van der Waals surface area contributed by atoms with Crippen LogP contribution < -0.4 is 5.32 Å². The predicted octanol–water partition coefficient (Wildman–Crippen LogP) is 3.07. The van der Waals surface area contributed by atoms with Gasteiger partial charge in [0.15, 0.2) is 0 Å². The number of nitrogens with one attached hydrogen (secondary N) is 1. The molecule has 20 heavy (non-hydrogen) atoms. The molecule has 0 spiro atoms. The van der Waals surface area contributed by atoms with Crippen LogP contribution in [0.25, 0.3) is 0 Å². The molecule has 3 nitrogen and oxygen atoms in total. The first-order chi connectivity index (χ1) is 9.13. The Morgan fingerprint density at radius 2 is 2.30 bits per heavy atom. The third-order valence-electron chi connectivity index (χ3n) is 3.37. The van der Waals surface area contributed by atoms with Gasteiger partial charge in [-0.05, 0) is 60.2 Å². The van der Waals surface area contributed by atoms with Crippen LogP contribution in [0.1, 0.15) is 30.1 Å². The lowest BCUT2D eigenvalue weighted by molar-refractivity contribution is 0.0691. The predicted molar refractivity (Wildman–Crippen MR) is 89.0 cm³/mol. The van der Waals surface area contributed by atoms with Gasteiger partial charge >= 0.3 is 0 Å². The number of hydrogen-bond donors (Lipinski definition) is 1. The number of benzene rings is 1. The fourth-order valence-corrected chi connectivity index (χ4v) is 2.73. The first-order valence-electron chi connectivity index (χ1n) is 6.60. The highest BCUT2D eigenvalue weighted by Crippen LogP contribution is 2.17. The summed E-state index contributed by atoms with van der Waals surface area (Å²) in [7, 11) is 0. The van der Waals surface area contributed by atoms with Gasteiger partial charge in [-0.15, -0.1) is 12.4 Å². The van der Waals surface area contributed by atoms with E-state index in [0.29, 0.717) is 9.13 Å². The Kier molecular flexibility index (Phi) is 7.19. The maximum atomic E-state index is 13.6. The lowest BCUT2D eigenvalue weighted by Crippen LogP contribution is -2.42. The molecule has 112 valence electrons. The first kappa shape index (κ1) is 17.7. The fraction of sp³-hybridized carbons (Fsp3) is 0.500. The summed E-state index contributed by atoms with van der Waals surface area (Å²) in [5, 5.41) is 3.27. The number of nitrogens with zero attached hydrogens (tertiary/aromatic N) is 1. The minimum atomic E-state index is -0.326. The van der Waals surface area contributed by atoms with Gasteiger partial charge in [0.05, 0.1) is 0 Å². The normalized spacial score (nSPS) is 17.6. The van der Waals surface area contributed by atoms with Crippen LogP contribution in [0, 0.1) is 9.39 Å². The van der Waals surface area contributed by atoms with Crippen molar-refractivity contribution in [1.82, 2.24) is 10.2 Å². The van der Waals surface area contributed by atoms with E-state index in [9.17, 15) is 9.18 Å². The van der Waals surface area contributed by atoms with Gasteiger partial charge in [-0.1, -0.05) is 6.92 Å². The second-order valence-electron chi connectivity index (χ2n) is 4.77. The summed E-state index contributed by atoms with van der Waals surface area (Å²) in [5.41, 5.74) is 0.443. The number of carbonyl (C=O) groups is 1. The maximum absolute atomic E-state index is 13.6. The van der Waals surface area contributed by atoms with E-state index in [1.165, 1.54) is 6.07 Å². The monoisotopic (exact) mass is 412 g/mol. The number of carbonyl (C=O) groups excluding carboxylic acids is 1. The summed E-state index contributed by atoms with van der Waals surface area (Å²) in [6.07, 6.45) is 1.88. The quantitative estimate of drug-likeness (QED) is 0.771. The lowest BCUT2D eigenvalue weighted by atomic mass is 10.1. The van der Waals surface area contributed by atoms with Crippen molar-refractivity contribution < 1.29 is 9.18 Å². The van der Waals surface area contributed by atoms with Crippen LogP contribution >= 0.6 is 35.0 Å². The van der Waals surface area contributed by atoms with E-state index >= 15 is 0 Å². The summed E-state index contributed by atoms with van der Waals surface area (Å²) in [5.74, 6) is -0.390. The van der Waals surface area contributed by atoms with Gasteiger partial charge in [0, 0.05) is 28.3 Å². The topological polar surface area (TPSA) is 32.3 Å². The summed E-state index contributed by atoms with van der Waals surface area (Å²) < 4.78 is 14.1. The zero-order valence-corrected chi connectivity index (χ0v) is 14.3.